The molecular weight excluding hydrogens is 306 g/mol. The SMILES string of the molecule is O=C(O)Cc1ccc(O)c(Nc2cc(-c3ccccc3)ncn2)c1. The summed E-state index contributed by atoms with van der Waals surface area (Å²) >= 11 is 0. The molecule has 0 unspecified atom stereocenters. The van der Waals surface area contributed by atoms with Crippen LogP contribution in [-0.4, -0.2) is 26.2 Å². The first-order valence-electron chi connectivity index (χ1n) is 7.30. The average molecular weight is 321 g/mol. The average Bonchev–Trinajstić information content (AvgIpc) is 2.58. The van der Waals surface area contributed by atoms with E-state index in [-0.39, 0.29) is 12.2 Å². The van der Waals surface area contributed by atoms with Gasteiger partial charge in [-0.05, 0) is 17.7 Å². The molecule has 1 aromatic heterocycles. The normalized spacial score (nSPS) is 10.3. The van der Waals surface area contributed by atoms with Crippen molar-refractivity contribution in [2.45, 2.75) is 6.42 Å². The Morgan fingerprint density at radius 2 is 1.83 bits per heavy atom. The van der Waals surface area contributed by atoms with Gasteiger partial charge in [0.15, 0.2) is 0 Å². The van der Waals surface area contributed by atoms with Crippen LogP contribution in [0.4, 0.5) is 11.5 Å². The lowest BCUT2D eigenvalue weighted by molar-refractivity contribution is -0.136. The third-order valence-corrected chi connectivity index (χ3v) is 3.42. The van der Waals surface area contributed by atoms with E-state index in [4.69, 9.17) is 5.11 Å². The zero-order valence-electron chi connectivity index (χ0n) is 12.7. The highest BCUT2D eigenvalue weighted by atomic mass is 16.4. The molecule has 0 saturated heterocycles. The highest BCUT2D eigenvalue weighted by Gasteiger charge is 2.08. The van der Waals surface area contributed by atoms with E-state index in [1.807, 2.05) is 30.3 Å². The van der Waals surface area contributed by atoms with Crippen molar-refractivity contribution in [3.05, 3.63) is 66.5 Å². The molecule has 0 spiro atoms. The molecule has 0 radical (unpaired) electrons. The number of hydrogen-bond donors (Lipinski definition) is 3. The maximum Gasteiger partial charge on any atom is 0.307 e. The fourth-order valence-corrected chi connectivity index (χ4v) is 2.30. The second-order valence-electron chi connectivity index (χ2n) is 5.20. The Morgan fingerprint density at radius 1 is 1.04 bits per heavy atom. The smallest absolute Gasteiger partial charge is 0.307 e. The van der Waals surface area contributed by atoms with Crippen LogP contribution >= 0.6 is 0 Å². The van der Waals surface area contributed by atoms with Crippen LogP contribution in [0.1, 0.15) is 5.56 Å². The van der Waals surface area contributed by atoms with Crippen LogP contribution in [0.25, 0.3) is 11.3 Å². The molecule has 0 aliphatic rings. The first kappa shape index (κ1) is 15.5. The van der Waals surface area contributed by atoms with E-state index >= 15 is 0 Å². The van der Waals surface area contributed by atoms with Gasteiger partial charge in [-0.15, -0.1) is 0 Å². The predicted molar refractivity (Wildman–Crippen MR) is 90.2 cm³/mol. The van der Waals surface area contributed by atoms with Gasteiger partial charge >= 0.3 is 5.97 Å². The molecule has 0 saturated carbocycles. The fraction of sp³-hybridized carbons (Fsp3) is 0.0556. The summed E-state index contributed by atoms with van der Waals surface area (Å²) in [5, 5.41) is 21.8. The standard InChI is InChI=1S/C18H15N3O3/c22-16-7-6-12(9-18(23)24)8-15(16)21-17-10-14(19-11-20-17)13-4-2-1-3-5-13/h1-8,10-11,22H,9H2,(H,23,24)(H,19,20,21). The second-order valence-corrected chi connectivity index (χ2v) is 5.20. The summed E-state index contributed by atoms with van der Waals surface area (Å²) in [6.45, 7) is 0. The van der Waals surface area contributed by atoms with Crippen molar-refractivity contribution in [2.24, 2.45) is 0 Å². The Morgan fingerprint density at radius 3 is 2.58 bits per heavy atom. The van der Waals surface area contributed by atoms with Gasteiger partial charge in [-0.25, -0.2) is 9.97 Å². The van der Waals surface area contributed by atoms with Gasteiger partial charge in [0.1, 0.15) is 17.9 Å². The predicted octanol–water partition coefficient (Wildman–Crippen LogP) is 3.22. The molecule has 1 heterocycles. The number of carboxylic acids is 1. The molecule has 6 nitrogen and oxygen atoms in total. The van der Waals surface area contributed by atoms with Crippen LogP contribution in [0.15, 0.2) is 60.9 Å². The number of phenolic OH excluding ortho intramolecular Hbond substituents is 1. The van der Waals surface area contributed by atoms with Gasteiger partial charge in [-0.1, -0.05) is 36.4 Å². The molecule has 0 atom stereocenters. The largest absolute Gasteiger partial charge is 0.506 e. The molecule has 0 bridgehead atoms. The fourth-order valence-electron chi connectivity index (χ4n) is 2.30. The number of phenols is 1. The minimum absolute atomic E-state index is 0.0176. The zero-order chi connectivity index (χ0) is 16.9. The number of anilines is 2. The maximum absolute atomic E-state index is 10.8. The lowest BCUT2D eigenvalue weighted by Gasteiger charge is -2.10. The van der Waals surface area contributed by atoms with E-state index in [1.54, 1.807) is 18.2 Å². The van der Waals surface area contributed by atoms with Crippen LogP contribution in [-0.2, 0) is 11.2 Å². The summed E-state index contributed by atoms with van der Waals surface area (Å²) in [5.74, 6) is -0.407. The second kappa shape index (κ2) is 6.78. The minimum atomic E-state index is -0.931. The molecule has 0 fully saturated rings. The number of nitrogens with one attached hydrogen (secondary N) is 1. The van der Waals surface area contributed by atoms with Crippen molar-refractivity contribution >= 4 is 17.5 Å². The number of hydrogen-bond acceptors (Lipinski definition) is 5. The Bertz CT molecular complexity index is 866. The van der Waals surface area contributed by atoms with E-state index in [2.05, 4.69) is 15.3 Å². The van der Waals surface area contributed by atoms with E-state index in [9.17, 15) is 9.90 Å². The number of aliphatic carboxylic acids is 1. The van der Waals surface area contributed by atoms with E-state index < -0.39 is 5.97 Å². The Hall–Kier alpha value is -3.41. The molecule has 3 rings (SSSR count). The number of carboxylic acid groups (broad SMARTS) is 1. The lowest BCUT2D eigenvalue weighted by Crippen LogP contribution is -2.01. The van der Waals surface area contributed by atoms with Crippen LogP contribution in [0.2, 0.25) is 0 Å². The van der Waals surface area contributed by atoms with Crippen molar-refractivity contribution < 1.29 is 15.0 Å². The molecule has 0 aliphatic heterocycles. The van der Waals surface area contributed by atoms with Crippen molar-refractivity contribution in [3.8, 4) is 17.0 Å². The summed E-state index contributed by atoms with van der Waals surface area (Å²) in [5.41, 5.74) is 2.67. The number of benzene rings is 2. The van der Waals surface area contributed by atoms with Crippen molar-refractivity contribution in [3.63, 3.8) is 0 Å². The summed E-state index contributed by atoms with van der Waals surface area (Å²) in [4.78, 5) is 19.2. The Labute approximate surface area is 138 Å². The van der Waals surface area contributed by atoms with Gasteiger partial charge in [0, 0.05) is 11.6 Å². The van der Waals surface area contributed by atoms with Gasteiger partial charge in [-0.3, -0.25) is 4.79 Å². The molecule has 6 heteroatoms. The van der Waals surface area contributed by atoms with Crippen LogP contribution in [0.5, 0.6) is 5.75 Å². The molecule has 0 aliphatic carbocycles. The number of carbonyl (C=O) groups is 1. The molecule has 120 valence electrons. The van der Waals surface area contributed by atoms with Crippen molar-refractivity contribution in [1.29, 1.82) is 0 Å². The zero-order valence-corrected chi connectivity index (χ0v) is 12.7. The lowest BCUT2D eigenvalue weighted by atomic mass is 10.1. The maximum atomic E-state index is 10.8. The van der Waals surface area contributed by atoms with Gasteiger partial charge in [0.05, 0.1) is 17.8 Å². The molecular formula is C18H15N3O3. The number of rotatable bonds is 5. The molecule has 3 aromatic rings. The van der Waals surface area contributed by atoms with Gasteiger partial charge < -0.3 is 15.5 Å². The Balaban J connectivity index is 1.88. The monoisotopic (exact) mass is 321 g/mol. The summed E-state index contributed by atoms with van der Waals surface area (Å²) in [7, 11) is 0. The van der Waals surface area contributed by atoms with Gasteiger partial charge in [0.2, 0.25) is 0 Å². The topological polar surface area (TPSA) is 95.3 Å². The van der Waals surface area contributed by atoms with Gasteiger partial charge in [-0.2, -0.15) is 0 Å². The molecule has 0 amide bonds. The third-order valence-electron chi connectivity index (χ3n) is 3.42. The molecule has 2 aromatic carbocycles. The number of aromatic hydroxyl groups is 1. The highest BCUT2D eigenvalue weighted by molar-refractivity contribution is 5.73. The van der Waals surface area contributed by atoms with Crippen molar-refractivity contribution in [2.75, 3.05) is 5.32 Å². The van der Waals surface area contributed by atoms with E-state index in [0.717, 1.165) is 11.3 Å². The minimum Gasteiger partial charge on any atom is -0.506 e. The van der Waals surface area contributed by atoms with Gasteiger partial charge in [0.25, 0.3) is 0 Å². The molecule has 3 N–H and O–H groups in total. The molecule has 24 heavy (non-hydrogen) atoms. The number of nitrogens with zero attached hydrogens (tertiary/aromatic N) is 2. The Kier molecular flexibility index (Phi) is 4.38. The summed E-state index contributed by atoms with van der Waals surface area (Å²) < 4.78 is 0. The highest BCUT2D eigenvalue weighted by Crippen LogP contribution is 2.28. The summed E-state index contributed by atoms with van der Waals surface area (Å²) in [6, 6.07) is 16.0. The van der Waals surface area contributed by atoms with Crippen LogP contribution in [0, 0.1) is 0 Å². The van der Waals surface area contributed by atoms with E-state index in [0.29, 0.717) is 17.1 Å². The number of aromatic nitrogens is 2. The quantitative estimate of drug-likeness (QED) is 0.625. The third kappa shape index (κ3) is 3.67. The summed E-state index contributed by atoms with van der Waals surface area (Å²) in [6.07, 6.45) is 1.32. The van der Waals surface area contributed by atoms with Crippen molar-refractivity contribution in [1.82, 2.24) is 9.97 Å². The van der Waals surface area contributed by atoms with E-state index in [1.165, 1.54) is 12.4 Å². The first-order chi connectivity index (χ1) is 11.6. The first-order valence-corrected chi connectivity index (χ1v) is 7.30. The van der Waals surface area contributed by atoms with Crippen LogP contribution < -0.4 is 5.32 Å². The van der Waals surface area contributed by atoms with Crippen LogP contribution in [0.3, 0.4) is 0 Å².